The van der Waals surface area contributed by atoms with Gasteiger partial charge >= 0.3 is 0 Å². The second-order valence-corrected chi connectivity index (χ2v) is 9.58. The Kier molecular flexibility index (Phi) is 8.74. The lowest BCUT2D eigenvalue weighted by atomic mass is 9.71. The van der Waals surface area contributed by atoms with E-state index in [4.69, 9.17) is 4.99 Å². The molecule has 0 radical (unpaired) electrons. The Labute approximate surface area is 173 Å². The van der Waals surface area contributed by atoms with Crippen LogP contribution in [-0.4, -0.2) is 35.4 Å². The Morgan fingerprint density at radius 3 is 2.44 bits per heavy atom. The third-order valence-electron chi connectivity index (χ3n) is 5.54. The van der Waals surface area contributed by atoms with E-state index in [1.807, 2.05) is 18.2 Å². The van der Waals surface area contributed by atoms with Crippen molar-refractivity contribution in [3.63, 3.8) is 0 Å². The van der Waals surface area contributed by atoms with Crippen molar-refractivity contribution in [2.45, 2.75) is 65.3 Å². The van der Waals surface area contributed by atoms with Crippen molar-refractivity contribution < 1.29 is 4.79 Å². The molecule has 0 aromatic heterocycles. The fraction of sp³-hybridized carbons (Fsp3) is 0.636. The number of hydrogen-bond acceptors (Lipinski definition) is 5. The van der Waals surface area contributed by atoms with Gasteiger partial charge in [0.05, 0.1) is 0 Å². The smallest absolute Gasteiger partial charge is 0.172 e. The minimum Gasteiger partial charge on any atom is -0.347 e. The molecule has 3 nitrogen and oxygen atoms in total. The van der Waals surface area contributed by atoms with E-state index in [0.717, 1.165) is 22.0 Å². The normalized spacial score (nSPS) is 18.3. The summed E-state index contributed by atoms with van der Waals surface area (Å²) in [6, 6.07) is 8.24. The first kappa shape index (κ1) is 22.4. The molecule has 150 valence electrons. The Morgan fingerprint density at radius 1 is 1.11 bits per heavy atom. The molecular weight excluding hydrogens is 372 g/mol. The van der Waals surface area contributed by atoms with E-state index >= 15 is 0 Å². The number of ketones is 1. The standard InChI is InChI=1S/C22H34N2OS2/c1-6-7-8-9-10-15-19-22(2,3)20(25)17-13-11-12-14-18(17)24(19)16-23-21(26-4)27-5/h11-14,19H,6-10,15-16H2,1-5H3. The van der Waals surface area contributed by atoms with E-state index in [-0.39, 0.29) is 11.8 Å². The van der Waals surface area contributed by atoms with Crippen LogP contribution in [0.4, 0.5) is 5.69 Å². The van der Waals surface area contributed by atoms with E-state index in [2.05, 4.69) is 44.2 Å². The summed E-state index contributed by atoms with van der Waals surface area (Å²) in [5, 5.41) is 0. The number of carbonyl (C=O) groups excluding carboxylic acids is 1. The molecule has 0 saturated carbocycles. The Hall–Kier alpha value is -0.940. The van der Waals surface area contributed by atoms with Gasteiger partial charge in [-0.15, -0.1) is 23.5 Å². The van der Waals surface area contributed by atoms with E-state index in [0.29, 0.717) is 6.67 Å². The minimum absolute atomic E-state index is 0.190. The van der Waals surface area contributed by atoms with Gasteiger partial charge in [-0.3, -0.25) is 9.79 Å². The van der Waals surface area contributed by atoms with Gasteiger partial charge in [0.1, 0.15) is 11.0 Å². The average molecular weight is 407 g/mol. The van der Waals surface area contributed by atoms with Crippen molar-refractivity contribution in [3.05, 3.63) is 29.8 Å². The number of unbranched alkanes of at least 4 members (excludes halogenated alkanes) is 4. The van der Waals surface area contributed by atoms with Crippen molar-refractivity contribution >= 4 is 39.4 Å². The average Bonchev–Trinajstić information content (AvgIpc) is 2.67. The number of carbonyl (C=O) groups is 1. The van der Waals surface area contributed by atoms with Crippen molar-refractivity contribution in [3.8, 4) is 0 Å². The van der Waals surface area contributed by atoms with Gasteiger partial charge in [-0.25, -0.2) is 0 Å². The van der Waals surface area contributed by atoms with Crippen molar-refractivity contribution in [1.82, 2.24) is 0 Å². The molecule has 2 rings (SSSR count). The highest BCUT2D eigenvalue weighted by Crippen LogP contribution is 2.42. The minimum atomic E-state index is -0.395. The lowest BCUT2D eigenvalue weighted by Gasteiger charge is -2.47. The predicted molar refractivity (Wildman–Crippen MR) is 124 cm³/mol. The number of hydrogen-bond donors (Lipinski definition) is 0. The maximum Gasteiger partial charge on any atom is 0.172 e. The molecule has 27 heavy (non-hydrogen) atoms. The van der Waals surface area contributed by atoms with Crippen LogP contribution in [0, 0.1) is 5.41 Å². The molecule has 0 amide bonds. The molecule has 1 aromatic carbocycles. The second-order valence-electron chi connectivity index (χ2n) is 7.73. The summed E-state index contributed by atoms with van der Waals surface area (Å²) >= 11 is 3.38. The van der Waals surface area contributed by atoms with Crippen molar-refractivity contribution in [2.75, 3.05) is 24.1 Å². The number of Topliss-reactive ketones (excluding diaryl/α,β-unsaturated/α-hetero) is 1. The topological polar surface area (TPSA) is 32.7 Å². The van der Waals surface area contributed by atoms with Gasteiger partial charge in [0.25, 0.3) is 0 Å². The van der Waals surface area contributed by atoms with Crippen LogP contribution >= 0.6 is 23.5 Å². The number of thioether (sulfide) groups is 2. The molecule has 0 saturated heterocycles. The third kappa shape index (κ3) is 5.32. The zero-order chi connectivity index (χ0) is 19.9. The first-order valence-electron chi connectivity index (χ1n) is 10.00. The lowest BCUT2D eigenvalue weighted by Crippen LogP contribution is -2.53. The fourth-order valence-electron chi connectivity index (χ4n) is 3.95. The van der Waals surface area contributed by atoms with Crippen LogP contribution in [0.25, 0.3) is 0 Å². The number of anilines is 1. The summed E-state index contributed by atoms with van der Waals surface area (Å²) in [4.78, 5) is 20.4. The monoisotopic (exact) mass is 406 g/mol. The maximum absolute atomic E-state index is 13.2. The summed E-state index contributed by atoms with van der Waals surface area (Å²) < 4.78 is 1.09. The van der Waals surface area contributed by atoms with Crippen molar-refractivity contribution in [1.29, 1.82) is 0 Å². The number of rotatable bonds is 8. The first-order chi connectivity index (χ1) is 13.0. The van der Waals surface area contributed by atoms with Gasteiger partial charge in [-0.1, -0.05) is 65.0 Å². The molecule has 1 aliphatic heterocycles. The van der Waals surface area contributed by atoms with Gasteiger partial charge in [-0.05, 0) is 31.1 Å². The molecule has 1 aromatic rings. The van der Waals surface area contributed by atoms with E-state index in [1.54, 1.807) is 23.5 Å². The van der Waals surface area contributed by atoms with E-state index in [1.165, 1.54) is 32.1 Å². The van der Waals surface area contributed by atoms with E-state index < -0.39 is 5.41 Å². The van der Waals surface area contributed by atoms with Crippen LogP contribution in [-0.2, 0) is 0 Å². The molecule has 1 atom stereocenters. The van der Waals surface area contributed by atoms with Crippen LogP contribution in [0.3, 0.4) is 0 Å². The molecule has 1 unspecified atom stereocenters. The zero-order valence-electron chi connectivity index (χ0n) is 17.5. The number of nitrogens with zero attached hydrogens (tertiary/aromatic N) is 2. The maximum atomic E-state index is 13.2. The molecule has 0 bridgehead atoms. The highest BCUT2D eigenvalue weighted by Gasteiger charge is 2.45. The van der Waals surface area contributed by atoms with Gasteiger partial charge in [0, 0.05) is 22.7 Å². The van der Waals surface area contributed by atoms with E-state index in [9.17, 15) is 4.79 Å². The van der Waals surface area contributed by atoms with Crippen LogP contribution in [0.15, 0.2) is 29.3 Å². The SMILES string of the molecule is CCCCCCCC1N(CN=C(SC)SC)c2ccccc2C(=O)C1(C)C. The lowest BCUT2D eigenvalue weighted by molar-refractivity contribution is 0.0772. The largest absolute Gasteiger partial charge is 0.347 e. The molecule has 0 fully saturated rings. The van der Waals surface area contributed by atoms with Gasteiger partial charge < -0.3 is 4.90 Å². The molecular formula is C22H34N2OS2. The highest BCUT2D eigenvalue weighted by molar-refractivity contribution is 8.38. The third-order valence-corrected chi connectivity index (χ3v) is 7.49. The number of benzene rings is 1. The molecule has 0 N–H and O–H groups in total. The number of fused-ring (bicyclic) bond motifs is 1. The molecule has 0 aliphatic carbocycles. The Bertz CT molecular complexity index is 651. The molecule has 1 aliphatic rings. The quantitative estimate of drug-likeness (QED) is 0.281. The fourth-order valence-corrected chi connectivity index (χ4v) is 4.99. The van der Waals surface area contributed by atoms with Crippen molar-refractivity contribution in [2.24, 2.45) is 10.4 Å². The summed E-state index contributed by atoms with van der Waals surface area (Å²) in [6.45, 7) is 7.09. The van der Waals surface area contributed by atoms with Gasteiger partial charge in [0.15, 0.2) is 5.78 Å². The van der Waals surface area contributed by atoms with Crippen LogP contribution in [0.2, 0.25) is 0 Å². The summed E-state index contributed by atoms with van der Waals surface area (Å²) in [5.74, 6) is 0.270. The van der Waals surface area contributed by atoms with Crippen LogP contribution in [0.1, 0.15) is 69.7 Å². The Morgan fingerprint density at radius 2 is 1.78 bits per heavy atom. The molecule has 0 spiro atoms. The molecule has 1 heterocycles. The Balaban J connectivity index is 2.30. The number of aliphatic imine (C=N–C) groups is 1. The first-order valence-corrected chi connectivity index (χ1v) is 12.4. The van der Waals surface area contributed by atoms with Gasteiger partial charge in [0.2, 0.25) is 0 Å². The van der Waals surface area contributed by atoms with Gasteiger partial charge in [-0.2, -0.15) is 0 Å². The summed E-state index contributed by atoms with van der Waals surface area (Å²) in [6.07, 6.45) is 11.4. The summed E-state index contributed by atoms with van der Waals surface area (Å²) in [7, 11) is 0. The summed E-state index contributed by atoms with van der Waals surface area (Å²) in [5.41, 5.74) is 1.49. The van der Waals surface area contributed by atoms with Crippen LogP contribution in [0.5, 0.6) is 0 Å². The number of para-hydroxylation sites is 1. The predicted octanol–water partition coefficient (Wildman–Crippen LogP) is 6.48. The zero-order valence-corrected chi connectivity index (χ0v) is 19.1. The van der Waals surface area contributed by atoms with Crippen LogP contribution < -0.4 is 4.90 Å². The highest BCUT2D eigenvalue weighted by atomic mass is 32.2. The molecule has 5 heteroatoms. The second kappa shape index (κ2) is 10.6.